The predicted octanol–water partition coefficient (Wildman–Crippen LogP) is 1.06. The molecular weight excluding hydrogens is 301 g/mol. The number of hydrogen-bond donors (Lipinski definition) is 4. The zero-order chi connectivity index (χ0) is 16.5. The van der Waals surface area contributed by atoms with E-state index in [0.29, 0.717) is 24.6 Å². The number of benzene rings is 1. The molecule has 1 aromatic heterocycles. The zero-order valence-corrected chi connectivity index (χ0v) is 12.4. The van der Waals surface area contributed by atoms with Crippen LogP contribution in [0.25, 0.3) is 0 Å². The SMILES string of the molecule is O=C(NCCNc1ncccn1)NCC(O)c1ccc(F)cc1. The van der Waals surface area contributed by atoms with E-state index in [1.165, 1.54) is 24.3 Å². The standard InChI is InChI=1S/C15H18FN5O2/c16-12-4-2-11(3-5-12)13(22)10-21-15(23)20-9-8-19-14-17-6-1-7-18-14/h1-7,13,22H,8-10H2,(H,17,18,19)(H2,20,21,23). The topological polar surface area (TPSA) is 99.2 Å². The second-order valence-electron chi connectivity index (χ2n) is 4.70. The van der Waals surface area contributed by atoms with Gasteiger partial charge in [0.15, 0.2) is 0 Å². The fourth-order valence-corrected chi connectivity index (χ4v) is 1.80. The van der Waals surface area contributed by atoms with Crippen molar-refractivity contribution in [3.8, 4) is 0 Å². The Labute approximate surface area is 133 Å². The van der Waals surface area contributed by atoms with Crippen LogP contribution in [0.1, 0.15) is 11.7 Å². The van der Waals surface area contributed by atoms with Crippen molar-refractivity contribution in [2.24, 2.45) is 0 Å². The number of carbonyl (C=O) groups is 1. The molecule has 122 valence electrons. The van der Waals surface area contributed by atoms with E-state index in [2.05, 4.69) is 25.9 Å². The van der Waals surface area contributed by atoms with Crippen LogP contribution in [0.15, 0.2) is 42.7 Å². The number of nitrogens with zero attached hydrogens (tertiary/aromatic N) is 2. The van der Waals surface area contributed by atoms with E-state index in [-0.39, 0.29) is 12.4 Å². The number of aromatic nitrogens is 2. The van der Waals surface area contributed by atoms with E-state index >= 15 is 0 Å². The monoisotopic (exact) mass is 319 g/mol. The molecule has 0 aliphatic heterocycles. The number of nitrogens with one attached hydrogen (secondary N) is 3. The van der Waals surface area contributed by atoms with Crippen molar-refractivity contribution >= 4 is 12.0 Å². The van der Waals surface area contributed by atoms with E-state index < -0.39 is 12.1 Å². The second kappa shape index (κ2) is 8.64. The Morgan fingerprint density at radius 1 is 1.13 bits per heavy atom. The van der Waals surface area contributed by atoms with E-state index in [0.717, 1.165) is 0 Å². The minimum absolute atomic E-state index is 0.0344. The lowest BCUT2D eigenvalue weighted by molar-refractivity contribution is 0.173. The highest BCUT2D eigenvalue weighted by Crippen LogP contribution is 2.12. The van der Waals surface area contributed by atoms with Gasteiger partial charge < -0.3 is 21.1 Å². The van der Waals surface area contributed by atoms with Crippen molar-refractivity contribution in [1.29, 1.82) is 0 Å². The first-order valence-electron chi connectivity index (χ1n) is 7.11. The Morgan fingerprint density at radius 3 is 2.52 bits per heavy atom. The number of anilines is 1. The molecule has 2 rings (SSSR count). The third-order valence-corrected chi connectivity index (χ3v) is 2.97. The van der Waals surface area contributed by atoms with Gasteiger partial charge in [-0.3, -0.25) is 0 Å². The van der Waals surface area contributed by atoms with Crippen LogP contribution in [-0.2, 0) is 0 Å². The van der Waals surface area contributed by atoms with Gasteiger partial charge in [0.2, 0.25) is 5.95 Å². The molecule has 0 bridgehead atoms. The molecule has 4 N–H and O–H groups in total. The van der Waals surface area contributed by atoms with Gasteiger partial charge in [0.05, 0.1) is 6.10 Å². The molecule has 0 saturated carbocycles. The zero-order valence-electron chi connectivity index (χ0n) is 12.4. The molecule has 1 aromatic carbocycles. The Hall–Kier alpha value is -2.74. The number of urea groups is 1. The van der Waals surface area contributed by atoms with E-state index in [9.17, 15) is 14.3 Å². The van der Waals surface area contributed by atoms with Crippen LogP contribution in [0.2, 0.25) is 0 Å². The van der Waals surface area contributed by atoms with E-state index in [4.69, 9.17) is 0 Å². The molecule has 0 fully saturated rings. The normalized spacial score (nSPS) is 11.6. The molecule has 2 aromatic rings. The van der Waals surface area contributed by atoms with Crippen LogP contribution >= 0.6 is 0 Å². The quantitative estimate of drug-likeness (QED) is 0.572. The maximum atomic E-state index is 12.8. The summed E-state index contributed by atoms with van der Waals surface area (Å²) in [6.45, 7) is 0.876. The third-order valence-electron chi connectivity index (χ3n) is 2.97. The molecule has 1 atom stereocenters. The number of rotatable bonds is 7. The van der Waals surface area contributed by atoms with Crippen LogP contribution in [0, 0.1) is 5.82 Å². The van der Waals surface area contributed by atoms with Gasteiger partial charge in [0.1, 0.15) is 5.82 Å². The Bertz CT molecular complexity index is 609. The summed E-state index contributed by atoms with van der Waals surface area (Å²) in [5.41, 5.74) is 0.537. The van der Waals surface area contributed by atoms with Gasteiger partial charge in [-0.05, 0) is 23.8 Å². The highest BCUT2D eigenvalue weighted by Gasteiger charge is 2.09. The van der Waals surface area contributed by atoms with Crippen LogP contribution in [0.3, 0.4) is 0 Å². The predicted molar refractivity (Wildman–Crippen MR) is 83.3 cm³/mol. The summed E-state index contributed by atoms with van der Waals surface area (Å²) in [5.74, 6) is 0.114. The van der Waals surface area contributed by atoms with Crippen LogP contribution in [0.5, 0.6) is 0 Å². The van der Waals surface area contributed by atoms with Crippen LogP contribution in [0.4, 0.5) is 15.1 Å². The van der Waals surface area contributed by atoms with Gasteiger partial charge >= 0.3 is 6.03 Å². The third kappa shape index (κ3) is 5.87. The number of carbonyl (C=O) groups excluding carboxylic acids is 1. The molecule has 0 aliphatic rings. The van der Waals surface area contributed by atoms with E-state index in [1.54, 1.807) is 18.5 Å². The molecule has 23 heavy (non-hydrogen) atoms. The minimum atomic E-state index is -0.891. The number of amides is 2. The molecule has 2 amide bonds. The molecule has 0 aliphatic carbocycles. The summed E-state index contributed by atoms with van der Waals surface area (Å²) >= 11 is 0. The average Bonchev–Trinajstić information content (AvgIpc) is 2.58. The van der Waals surface area contributed by atoms with E-state index in [1.807, 2.05) is 0 Å². The lowest BCUT2D eigenvalue weighted by Crippen LogP contribution is -2.39. The molecular formula is C15H18FN5O2. The summed E-state index contributed by atoms with van der Waals surface area (Å²) in [6, 6.07) is 6.78. The van der Waals surface area contributed by atoms with Crippen molar-refractivity contribution in [2.45, 2.75) is 6.10 Å². The summed E-state index contributed by atoms with van der Waals surface area (Å²) in [5, 5.41) is 18.0. The van der Waals surface area contributed by atoms with Gasteiger partial charge in [0.25, 0.3) is 0 Å². The second-order valence-corrected chi connectivity index (χ2v) is 4.70. The Balaban J connectivity index is 1.62. The Kier molecular flexibility index (Phi) is 6.25. The number of aliphatic hydroxyl groups excluding tert-OH is 1. The first-order valence-corrected chi connectivity index (χ1v) is 7.11. The molecule has 7 nitrogen and oxygen atoms in total. The fraction of sp³-hybridized carbons (Fsp3) is 0.267. The Morgan fingerprint density at radius 2 is 1.83 bits per heavy atom. The molecule has 0 saturated heterocycles. The summed E-state index contributed by atoms with van der Waals surface area (Å²) in [6.07, 6.45) is 2.34. The lowest BCUT2D eigenvalue weighted by Gasteiger charge is -2.13. The molecule has 1 unspecified atom stereocenters. The summed E-state index contributed by atoms with van der Waals surface area (Å²) < 4.78 is 12.8. The van der Waals surface area contributed by atoms with Gasteiger partial charge in [-0.15, -0.1) is 0 Å². The van der Waals surface area contributed by atoms with Crippen molar-refractivity contribution in [2.75, 3.05) is 25.0 Å². The van der Waals surface area contributed by atoms with Crippen molar-refractivity contribution in [3.63, 3.8) is 0 Å². The summed E-state index contributed by atoms with van der Waals surface area (Å²) in [4.78, 5) is 19.6. The minimum Gasteiger partial charge on any atom is -0.387 e. The largest absolute Gasteiger partial charge is 0.387 e. The molecule has 1 heterocycles. The number of aliphatic hydroxyl groups is 1. The first-order chi connectivity index (χ1) is 11.1. The molecule has 0 spiro atoms. The van der Waals surface area contributed by atoms with Crippen molar-refractivity contribution < 1.29 is 14.3 Å². The van der Waals surface area contributed by atoms with Crippen molar-refractivity contribution in [1.82, 2.24) is 20.6 Å². The summed E-state index contributed by atoms with van der Waals surface area (Å²) in [7, 11) is 0. The number of halogens is 1. The first kappa shape index (κ1) is 16.6. The fourth-order valence-electron chi connectivity index (χ4n) is 1.80. The van der Waals surface area contributed by atoms with Crippen LogP contribution in [-0.4, -0.2) is 40.7 Å². The highest BCUT2D eigenvalue weighted by atomic mass is 19.1. The van der Waals surface area contributed by atoms with Crippen molar-refractivity contribution in [3.05, 3.63) is 54.1 Å². The highest BCUT2D eigenvalue weighted by molar-refractivity contribution is 5.73. The van der Waals surface area contributed by atoms with Gasteiger partial charge in [-0.1, -0.05) is 12.1 Å². The molecule has 0 radical (unpaired) electrons. The maximum Gasteiger partial charge on any atom is 0.314 e. The van der Waals surface area contributed by atoms with Gasteiger partial charge in [-0.2, -0.15) is 0 Å². The lowest BCUT2D eigenvalue weighted by atomic mass is 10.1. The van der Waals surface area contributed by atoms with Crippen LogP contribution < -0.4 is 16.0 Å². The molecule has 8 heteroatoms. The smallest absolute Gasteiger partial charge is 0.314 e. The van der Waals surface area contributed by atoms with Gasteiger partial charge in [0, 0.05) is 32.0 Å². The maximum absolute atomic E-state index is 12.8. The van der Waals surface area contributed by atoms with Gasteiger partial charge in [-0.25, -0.2) is 19.2 Å². The number of hydrogen-bond acceptors (Lipinski definition) is 5. The average molecular weight is 319 g/mol.